The Balaban J connectivity index is 1.48. The molecule has 0 spiro atoms. The summed E-state index contributed by atoms with van der Waals surface area (Å²) in [6, 6.07) is 18.3. The topological polar surface area (TPSA) is 69.2 Å². The molecule has 7 nitrogen and oxygen atoms in total. The number of guanidine groups is 1. The average molecular weight is 424 g/mol. The second-order valence-corrected chi connectivity index (χ2v) is 7.43. The Morgan fingerprint density at radius 3 is 2.52 bits per heavy atom. The Kier molecular flexibility index (Phi) is 8.58. The molecule has 0 aromatic heterocycles. The molecule has 1 amide bonds. The van der Waals surface area contributed by atoms with E-state index in [9.17, 15) is 4.79 Å². The number of methoxy groups -OCH3 is 1. The molecule has 0 unspecified atom stereocenters. The summed E-state index contributed by atoms with van der Waals surface area (Å²) in [5.74, 6) is 1.61. The molecule has 7 heteroatoms. The number of nitrogens with zero attached hydrogens (tertiary/aromatic N) is 3. The third kappa shape index (κ3) is 6.91. The Bertz CT molecular complexity index is 848. The number of hydrogen-bond donors (Lipinski definition) is 2. The zero-order valence-corrected chi connectivity index (χ0v) is 18.5. The van der Waals surface area contributed by atoms with Crippen molar-refractivity contribution in [3.8, 4) is 5.75 Å². The smallest absolute Gasteiger partial charge is 0.241 e. The van der Waals surface area contributed by atoms with E-state index in [2.05, 4.69) is 49.7 Å². The van der Waals surface area contributed by atoms with Gasteiger partial charge in [-0.2, -0.15) is 0 Å². The molecule has 1 saturated heterocycles. The summed E-state index contributed by atoms with van der Waals surface area (Å²) in [5, 5.41) is 6.28. The molecule has 1 fully saturated rings. The maximum Gasteiger partial charge on any atom is 0.241 e. The fourth-order valence-electron chi connectivity index (χ4n) is 3.60. The number of nitrogens with one attached hydrogen (secondary N) is 2. The van der Waals surface area contributed by atoms with Crippen LogP contribution in [0.15, 0.2) is 59.6 Å². The van der Waals surface area contributed by atoms with Gasteiger partial charge in [-0.15, -0.1) is 0 Å². The number of carbonyl (C=O) groups is 1. The highest BCUT2D eigenvalue weighted by atomic mass is 16.5. The summed E-state index contributed by atoms with van der Waals surface area (Å²) in [5.41, 5.74) is 2.38. The van der Waals surface area contributed by atoms with Crippen LogP contribution < -0.4 is 20.3 Å². The molecular formula is C24H33N5O2. The van der Waals surface area contributed by atoms with E-state index < -0.39 is 0 Å². The Labute approximate surface area is 185 Å². The molecular weight excluding hydrogens is 390 g/mol. The minimum atomic E-state index is -0.0543. The Morgan fingerprint density at radius 1 is 1.03 bits per heavy atom. The highest BCUT2D eigenvalue weighted by Gasteiger charge is 2.20. The van der Waals surface area contributed by atoms with Crippen LogP contribution in [0.25, 0.3) is 0 Å². The van der Waals surface area contributed by atoms with Gasteiger partial charge in [-0.1, -0.05) is 36.4 Å². The maximum atomic E-state index is 12.2. The van der Waals surface area contributed by atoms with Crippen molar-refractivity contribution in [3.05, 3.63) is 60.2 Å². The molecule has 0 atom stereocenters. The van der Waals surface area contributed by atoms with Crippen LogP contribution in [0.4, 0.5) is 5.69 Å². The monoisotopic (exact) mass is 423 g/mol. The summed E-state index contributed by atoms with van der Waals surface area (Å²) >= 11 is 0. The van der Waals surface area contributed by atoms with Crippen molar-refractivity contribution in [2.24, 2.45) is 4.99 Å². The number of piperazine rings is 1. The summed E-state index contributed by atoms with van der Waals surface area (Å²) in [6.45, 7) is 7.03. The molecule has 1 aliphatic heterocycles. The number of anilines is 1. The highest BCUT2D eigenvalue weighted by Crippen LogP contribution is 2.22. The number of amides is 1. The molecule has 2 aromatic carbocycles. The van der Waals surface area contributed by atoms with Crippen LogP contribution in [0.1, 0.15) is 12.5 Å². The van der Waals surface area contributed by atoms with Crippen molar-refractivity contribution in [1.82, 2.24) is 15.5 Å². The van der Waals surface area contributed by atoms with E-state index in [0.717, 1.165) is 50.9 Å². The van der Waals surface area contributed by atoms with Gasteiger partial charge in [0.15, 0.2) is 5.96 Å². The third-order valence-electron chi connectivity index (χ3n) is 5.28. The predicted molar refractivity (Wildman–Crippen MR) is 126 cm³/mol. The lowest BCUT2D eigenvalue weighted by Gasteiger charge is -2.37. The second kappa shape index (κ2) is 11.8. The normalized spacial score (nSPS) is 14.3. The van der Waals surface area contributed by atoms with Crippen molar-refractivity contribution in [1.29, 1.82) is 0 Å². The van der Waals surface area contributed by atoms with Crippen molar-refractivity contribution in [2.75, 3.05) is 57.8 Å². The molecule has 3 rings (SSSR count). The molecule has 0 radical (unpaired) electrons. The van der Waals surface area contributed by atoms with E-state index in [1.807, 2.05) is 37.3 Å². The highest BCUT2D eigenvalue weighted by molar-refractivity contribution is 5.85. The lowest BCUT2D eigenvalue weighted by atomic mass is 10.1. The number of rotatable bonds is 8. The summed E-state index contributed by atoms with van der Waals surface area (Å²) in [4.78, 5) is 21.4. The Morgan fingerprint density at radius 2 is 1.81 bits per heavy atom. The zero-order valence-electron chi connectivity index (χ0n) is 18.5. The first-order valence-corrected chi connectivity index (χ1v) is 10.9. The van der Waals surface area contributed by atoms with Gasteiger partial charge in [0.1, 0.15) is 12.3 Å². The van der Waals surface area contributed by atoms with Crippen LogP contribution in [0.2, 0.25) is 0 Å². The SMILES string of the molecule is CCNC(=NCC(=O)NCCc1ccccc1)N1CCN(c2cccc(OC)c2)CC1. The average Bonchev–Trinajstić information content (AvgIpc) is 2.82. The largest absolute Gasteiger partial charge is 0.497 e. The number of hydrogen-bond acceptors (Lipinski definition) is 4. The van der Waals surface area contributed by atoms with E-state index in [-0.39, 0.29) is 12.5 Å². The third-order valence-corrected chi connectivity index (χ3v) is 5.28. The van der Waals surface area contributed by atoms with Gasteiger partial charge in [-0.25, -0.2) is 4.99 Å². The fraction of sp³-hybridized carbons (Fsp3) is 0.417. The van der Waals surface area contributed by atoms with Crippen LogP contribution in [0, 0.1) is 0 Å². The van der Waals surface area contributed by atoms with Gasteiger partial charge in [0, 0.05) is 51.0 Å². The van der Waals surface area contributed by atoms with E-state index >= 15 is 0 Å². The molecule has 1 aliphatic rings. The van der Waals surface area contributed by atoms with Crippen molar-refractivity contribution in [2.45, 2.75) is 13.3 Å². The van der Waals surface area contributed by atoms with Gasteiger partial charge in [0.05, 0.1) is 7.11 Å². The lowest BCUT2D eigenvalue weighted by molar-refractivity contribution is -0.119. The van der Waals surface area contributed by atoms with Crippen molar-refractivity contribution >= 4 is 17.6 Å². The van der Waals surface area contributed by atoms with Crippen LogP contribution in [0.5, 0.6) is 5.75 Å². The van der Waals surface area contributed by atoms with Gasteiger partial charge in [0.2, 0.25) is 5.91 Å². The van der Waals surface area contributed by atoms with Crippen molar-refractivity contribution < 1.29 is 9.53 Å². The maximum absolute atomic E-state index is 12.2. The number of aliphatic imine (C=N–C) groups is 1. The van der Waals surface area contributed by atoms with Crippen LogP contribution in [-0.2, 0) is 11.2 Å². The van der Waals surface area contributed by atoms with Gasteiger partial charge < -0.3 is 25.2 Å². The van der Waals surface area contributed by atoms with Crippen LogP contribution in [0.3, 0.4) is 0 Å². The minimum Gasteiger partial charge on any atom is -0.497 e. The molecule has 0 bridgehead atoms. The molecule has 31 heavy (non-hydrogen) atoms. The standard InChI is InChI=1S/C24H33N5O2/c1-3-25-24(27-19-23(30)26-13-12-20-8-5-4-6-9-20)29-16-14-28(15-17-29)21-10-7-11-22(18-21)31-2/h4-11,18H,3,12-17,19H2,1-2H3,(H,25,27)(H,26,30). The number of carbonyl (C=O) groups excluding carboxylic acids is 1. The summed E-state index contributed by atoms with van der Waals surface area (Å²) in [6.07, 6.45) is 0.822. The predicted octanol–water partition coefficient (Wildman–Crippen LogP) is 2.14. The van der Waals surface area contributed by atoms with Gasteiger partial charge >= 0.3 is 0 Å². The van der Waals surface area contributed by atoms with Crippen LogP contribution >= 0.6 is 0 Å². The van der Waals surface area contributed by atoms with Crippen LogP contribution in [-0.4, -0.2) is 69.7 Å². The first-order chi connectivity index (χ1) is 15.2. The quantitative estimate of drug-likeness (QED) is 0.503. The Hall–Kier alpha value is -3.22. The molecule has 0 saturated carbocycles. The summed E-state index contributed by atoms with van der Waals surface area (Å²) in [7, 11) is 1.69. The second-order valence-electron chi connectivity index (χ2n) is 7.43. The van der Waals surface area contributed by atoms with E-state index in [1.54, 1.807) is 7.11 Å². The van der Waals surface area contributed by atoms with Gasteiger partial charge in [-0.3, -0.25) is 4.79 Å². The van der Waals surface area contributed by atoms with E-state index in [0.29, 0.717) is 6.54 Å². The number of benzene rings is 2. The van der Waals surface area contributed by atoms with E-state index in [1.165, 1.54) is 11.3 Å². The van der Waals surface area contributed by atoms with Gasteiger partial charge in [-0.05, 0) is 31.0 Å². The fourth-order valence-corrected chi connectivity index (χ4v) is 3.60. The molecule has 2 N–H and O–H groups in total. The molecule has 2 aromatic rings. The van der Waals surface area contributed by atoms with Gasteiger partial charge in [0.25, 0.3) is 0 Å². The summed E-state index contributed by atoms with van der Waals surface area (Å²) < 4.78 is 5.34. The molecule has 166 valence electrons. The zero-order chi connectivity index (χ0) is 21.9. The first kappa shape index (κ1) is 22.5. The minimum absolute atomic E-state index is 0.0543. The molecule has 0 aliphatic carbocycles. The van der Waals surface area contributed by atoms with Crippen molar-refractivity contribution in [3.63, 3.8) is 0 Å². The number of ether oxygens (including phenoxy) is 1. The lowest BCUT2D eigenvalue weighted by Crippen LogP contribution is -2.52. The first-order valence-electron chi connectivity index (χ1n) is 10.9. The van der Waals surface area contributed by atoms with E-state index in [4.69, 9.17) is 4.74 Å². The molecule has 1 heterocycles.